The fourth-order valence-corrected chi connectivity index (χ4v) is 2.97. The number of ether oxygens (including phenoxy) is 2. The van der Waals surface area contributed by atoms with Gasteiger partial charge in [0.05, 0.1) is 0 Å². The number of hydrogen-bond donors (Lipinski definition) is 0. The van der Waals surface area contributed by atoms with Gasteiger partial charge in [-0.1, -0.05) is 45.4 Å². The van der Waals surface area contributed by atoms with E-state index in [2.05, 4.69) is 20.8 Å². The monoisotopic (exact) mass is 270 g/mol. The first kappa shape index (κ1) is 17.0. The Morgan fingerprint density at radius 3 is 1.79 bits per heavy atom. The minimum Gasteiger partial charge on any atom is -0.350 e. The van der Waals surface area contributed by atoms with Crippen molar-refractivity contribution in [1.82, 2.24) is 0 Å². The van der Waals surface area contributed by atoms with Gasteiger partial charge in [0.15, 0.2) is 5.79 Å². The third kappa shape index (κ3) is 6.27. The Morgan fingerprint density at radius 2 is 1.32 bits per heavy atom. The maximum absolute atomic E-state index is 6.02. The summed E-state index contributed by atoms with van der Waals surface area (Å²) in [5.74, 6) is 0.417. The third-order valence-electron chi connectivity index (χ3n) is 4.11. The van der Waals surface area contributed by atoms with E-state index in [1.54, 1.807) is 0 Å². The molecule has 0 amide bonds. The summed E-state index contributed by atoms with van der Waals surface area (Å²) in [6, 6.07) is 0. The second-order valence-corrected chi connectivity index (χ2v) is 5.82. The van der Waals surface area contributed by atoms with Crippen LogP contribution >= 0.6 is 0 Å². The molecule has 19 heavy (non-hydrogen) atoms. The molecule has 1 rings (SSSR count). The van der Waals surface area contributed by atoms with Crippen molar-refractivity contribution in [2.75, 3.05) is 13.2 Å². The largest absolute Gasteiger partial charge is 0.350 e. The number of hydrogen-bond acceptors (Lipinski definition) is 2. The molecular weight excluding hydrogens is 236 g/mol. The van der Waals surface area contributed by atoms with E-state index >= 15 is 0 Å². The van der Waals surface area contributed by atoms with Gasteiger partial charge in [-0.05, 0) is 33.1 Å². The Hall–Kier alpha value is -0.0800. The van der Waals surface area contributed by atoms with Crippen molar-refractivity contribution in [3.05, 3.63) is 0 Å². The van der Waals surface area contributed by atoms with Gasteiger partial charge < -0.3 is 9.47 Å². The Labute approximate surface area is 120 Å². The third-order valence-corrected chi connectivity index (χ3v) is 4.11. The van der Waals surface area contributed by atoms with Crippen LogP contribution in [0, 0.1) is 5.92 Å². The van der Waals surface area contributed by atoms with E-state index < -0.39 is 0 Å². The summed E-state index contributed by atoms with van der Waals surface area (Å²) >= 11 is 0. The van der Waals surface area contributed by atoms with Crippen molar-refractivity contribution in [3.8, 4) is 0 Å². The molecule has 0 aromatic rings. The van der Waals surface area contributed by atoms with Crippen molar-refractivity contribution in [2.24, 2.45) is 5.92 Å². The molecule has 0 radical (unpaired) electrons. The van der Waals surface area contributed by atoms with Gasteiger partial charge in [-0.3, -0.25) is 0 Å². The first-order chi connectivity index (χ1) is 9.29. The molecule has 0 bridgehead atoms. The van der Waals surface area contributed by atoms with Crippen molar-refractivity contribution in [2.45, 2.75) is 90.8 Å². The normalized spacial score (nSPS) is 15.9. The summed E-state index contributed by atoms with van der Waals surface area (Å²) in [7, 11) is 0. The van der Waals surface area contributed by atoms with Gasteiger partial charge in [-0.25, -0.2) is 0 Å². The van der Waals surface area contributed by atoms with Gasteiger partial charge in [0.2, 0.25) is 0 Å². The molecule has 1 fully saturated rings. The first-order valence-electron chi connectivity index (χ1n) is 8.57. The topological polar surface area (TPSA) is 18.5 Å². The molecule has 0 atom stereocenters. The van der Waals surface area contributed by atoms with E-state index in [-0.39, 0.29) is 5.79 Å². The van der Waals surface area contributed by atoms with Crippen LogP contribution in [-0.2, 0) is 9.47 Å². The lowest BCUT2D eigenvalue weighted by Gasteiger charge is -2.33. The van der Waals surface area contributed by atoms with Gasteiger partial charge in [-0.2, -0.15) is 0 Å². The summed E-state index contributed by atoms with van der Waals surface area (Å²) < 4.78 is 12.0. The maximum atomic E-state index is 6.02. The predicted octanol–water partition coefficient (Wildman–Crippen LogP) is 5.31. The average Bonchev–Trinajstić information content (AvgIpc) is 3.22. The molecule has 2 nitrogen and oxygen atoms in total. The molecule has 2 heteroatoms. The van der Waals surface area contributed by atoms with Crippen molar-refractivity contribution in [3.63, 3.8) is 0 Å². The van der Waals surface area contributed by atoms with Crippen LogP contribution in [0.15, 0.2) is 0 Å². The van der Waals surface area contributed by atoms with Crippen LogP contribution in [0.25, 0.3) is 0 Å². The van der Waals surface area contributed by atoms with E-state index in [1.165, 1.54) is 57.8 Å². The molecule has 1 aliphatic rings. The molecule has 0 aliphatic heterocycles. The van der Waals surface area contributed by atoms with Crippen LogP contribution in [0.2, 0.25) is 0 Å². The lowest BCUT2D eigenvalue weighted by atomic mass is 10.0. The molecular formula is C17H34O2. The highest BCUT2D eigenvalue weighted by Crippen LogP contribution is 2.45. The van der Waals surface area contributed by atoms with Crippen molar-refractivity contribution >= 4 is 0 Å². The maximum Gasteiger partial charge on any atom is 0.171 e. The smallest absolute Gasteiger partial charge is 0.171 e. The summed E-state index contributed by atoms with van der Waals surface area (Å²) in [4.78, 5) is 0. The van der Waals surface area contributed by atoms with Crippen LogP contribution in [0.3, 0.4) is 0 Å². The molecule has 0 aromatic carbocycles. The zero-order valence-corrected chi connectivity index (χ0v) is 13.4. The summed E-state index contributed by atoms with van der Waals surface area (Å²) in [6.45, 7) is 7.98. The molecule has 0 unspecified atom stereocenters. The zero-order valence-electron chi connectivity index (χ0n) is 13.4. The van der Waals surface area contributed by atoms with E-state index in [0.717, 1.165) is 19.6 Å². The molecule has 114 valence electrons. The SMILES string of the molecule is CCCCCCCCCC(OCC)(OCC)C1CC1. The van der Waals surface area contributed by atoms with Crippen LogP contribution < -0.4 is 0 Å². The number of rotatable bonds is 13. The molecule has 0 spiro atoms. The molecule has 1 saturated carbocycles. The fraction of sp³-hybridized carbons (Fsp3) is 1.00. The second kappa shape index (κ2) is 9.77. The Morgan fingerprint density at radius 1 is 0.789 bits per heavy atom. The first-order valence-corrected chi connectivity index (χ1v) is 8.57. The molecule has 0 saturated heterocycles. The second-order valence-electron chi connectivity index (χ2n) is 5.82. The Balaban J connectivity index is 2.20. The lowest BCUT2D eigenvalue weighted by Crippen LogP contribution is -2.38. The lowest BCUT2D eigenvalue weighted by molar-refractivity contribution is -0.250. The van der Waals surface area contributed by atoms with Crippen LogP contribution in [0.4, 0.5) is 0 Å². The highest BCUT2D eigenvalue weighted by atomic mass is 16.7. The van der Waals surface area contributed by atoms with Gasteiger partial charge in [0, 0.05) is 25.6 Å². The molecule has 0 aromatic heterocycles. The summed E-state index contributed by atoms with van der Waals surface area (Å²) in [6.07, 6.45) is 13.2. The van der Waals surface area contributed by atoms with Gasteiger partial charge in [0.25, 0.3) is 0 Å². The van der Waals surface area contributed by atoms with Crippen LogP contribution in [0.1, 0.15) is 85.0 Å². The Bertz CT molecular complexity index is 205. The standard InChI is InChI=1S/C17H34O2/c1-4-7-8-9-10-11-12-15-17(18-5-2,19-6-3)16-13-14-16/h16H,4-15H2,1-3H3. The Kier molecular flexibility index (Phi) is 8.72. The van der Waals surface area contributed by atoms with E-state index in [0.29, 0.717) is 5.92 Å². The average molecular weight is 270 g/mol. The predicted molar refractivity (Wildman–Crippen MR) is 81.3 cm³/mol. The van der Waals surface area contributed by atoms with Crippen LogP contribution in [-0.4, -0.2) is 19.0 Å². The van der Waals surface area contributed by atoms with Crippen molar-refractivity contribution in [1.29, 1.82) is 0 Å². The molecule has 1 aliphatic carbocycles. The summed E-state index contributed by atoms with van der Waals surface area (Å²) in [5, 5.41) is 0. The highest BCUT2D eigenvalue weighted by molar-refractivity contribution is 4.89. The zero-order chi connectivity index (χ0) is 14.0. The van der Waals surface area contributed by atoms with Gasteiger partial charge >= 0.3 is 0 Å². The highest BCUT2D eigenvalue weighted by Gasteiger charge is 2.46. The minimum absolute atomic E-state index is 0.243. The van der Waals surface area contributed by atoms with E-state index in [9.17, 15) is 0 Å². The number of unbranched alkanes of at least 4 members (excludes halogenated alkanes) is 6. The van der Waals surface area contributed by atoms with E-state index in [4.69, 9.17) is 9.47 Å². The quantitative estimate of drug-likeness (QED) is 0.334. The fourth-order valence-electron chi connectivity index (χ4n) is 2.97. The van der Waals surface area contributed by atoms with Crippen molar-refractivity contribution < 1.29 is 9.47 Å². The van der Waals surface area contributed by atoms with Crippen LogP contribution in [0.5, 0.6) is 0 Å². The van der Waals surface area contributed by atoms with Gasteiger partial charge in [0.1, 0.15) is 0 Å². The van der Waals surface area contributed by atoms with E-state index in [1.807, 2.05) is 0 Å². The molecule has 0 N–H and O–H groups in total. The van der Waals surface area contributed by atoms with Gasteiger partial charge in [-0.15, -0.1) is 0 Å². The molecule has 0 heterocycles. The summed E-state index contributed by atoms with van der Waals surface area (Å²) in [5.41, 5.74) is 0. The minimum atomic E-state index is -0.243.